The Kier molecular flexibility index (Phi) is 4.26. The van der Waals surface area contributed by atoms with Crippen LogP contribution < -0.4 is 0 Å². The van der Waals surface area contributed by atoms with Gasteiger partial charge in [0.2, 0.25) is 0 Å². The number of benzene rings is 3. The van der Waals surface area contributed by atoms with Crippen molar-refractivity contribution in [2.75, 3.05) is 0 Å². The molecule has 0 amide bonds. The summed E-state index contributed by atoms with van der Waals surface area (Å²) in [5.41, 5.74) is 8.36. The van der Waals surface area contributed by atoms with Gasteiger partial charge in [-0.05, 0) is 71.2 Å². The maximum atomic E-state index is 3.65. The van der Waals surface area contributed by atoms with Gasteiger partial charge in [0.05, 0.1) is 0 Å². The lowest BCUT2D eigenvalue weighted by atomic mass is 9.84. The molecular weight excluding hydrogens is 412 g/mol. The molecule has 0 nitrogen and oxygen atoms in total. The average Bonchev–Trinajstić information content (AvgIpc) is 3.04. The standard InChI is InChI=1S/C25H19BrS/c1-16-13-14-22-19-9-4-5-12-23(19)27-25(22)21-11-3-2-10-20(21)24(16)17-7-6-8-18(26)15-17/h2-12,15H,13-14H2,1H3/b24-16-. The van der Waals surface area contributed by atoms with Crippen LogP contribution in [0.15, 0.2) is 82.8 Å². The molecular formula is C25H19BrS. The van der Waals surface area contributed by atoms with Gasteiger partial charge in [-0.3, -0.25) is 0 Å². The molecule has 0 saturated carbocycles. The number of hydrogen-bond donors (Lipinski definition) is 0. The largest absolute Gasteiger partial charge is 0.135 e. The van der Waals surface area contributed by atoms with E-state index in [9.17, 15) is 0 Å². The third-order valence-corrected chi connectivity index (χ3v) is 7.17. The van der Waals surface area contributed by atoms with Crippen molar-refractivity contribution in [3.8, 4) is 10.4 Å². The summed E-state index contributed by atoms with van der Waals surface area (Å²) in [6, 6.07) is 26.5. The molecule has 2 heteroatoms. The Morgan fingerprint density at radius 2 is 1.59 bits per heavy atom. The molecule has 0 atom stereocenters. The van der Waals surface area contributed by atoms with E-state index in [-0.39, 0.29) is 0 Å². The molecule has 0 fully saturated rings. The predicted octanol–water partition coefficient (Wildman–Crippen LogP) is 8.10. The maximum absolute atomic E-state index is 3.65. The predicted molar refractivity (Wildman–Crippen MR) is 121 cm³/mol. The van der Waals surface area contributed by atoms with Crippen LogP contribution in [0.2, 0.25) is 0 Å². The van der Waals surface area contributed by atoms with E-state index in [1.54, 1.807) is 0 Å². The summed E-state index contributed by atoms with van der Waals surface area (Å²) >= 11 is 5.59. The molecule has 0 unspecified atom stereocenters. The second-order valence-corrected chi connectivity index (χ2v) is 9.09. The van der Waals surface area contributed by atoms with Gasteiger partial charge in [0.25, 0.3) is 0 Å². The van der Waals surface area contributed by atoms with Crippen LogP contribution in [0.4, 0.5) is 0 Å². The molecule has 3 aromatic carbocycles. The molecule has 132 valence electrons. The minimum atomic E-state index is 1.09. The fourth-order valence-corrected chi connectivity index (χ4v) is 5.87. The highest BCUT2D eigenvalue weighted by molar-refractivity contribution is 9.10. The fraction of sp³-hybridized carbons (Fsp3) is 0.120. The maximum Gasteiger partial charge on any atom is 0.0393 e. The molecule has 5 rings (SSSR count). The first-order valence-electron chi connectivity index (χ1n) is 9.28. The Hall–Kier alpha value is -2.16. The topological polar surface area (TPSA) is 0 Å². The van der Waals surface area contributed by atoms with Gasteiger partial charge in [-0.25, -0.2) is 0 Å². The Labute approximate surface area is 172 Å². The van der Waals surface area contributed by atoms with Crippen molar-refractivity contribution in [2.45, 2.75) is 19.8 Å². The number of rotatable bonds is 1. The van der Waals surface area contributed by atoms with E-state index in [2.05, 4.69) is 95.7 Å². The molecule has 1 aliphatic rings. The minimum Gasteiger partial charge on any atom is -0.135 e. The van der Waals surface area contributed by atoms with Crippen molar-refractivity contribution in [3.05, 3.63) is 99.5 Å². The number of thiophene rings is 1. The normalized spacial score (nSPS) is 16.5. The van der Waals surface area contributed by atoms with Gasteiger partial charge in [0, 0.05) is 14.0 Å². The van der Waals surface area contributed by atoms with Gasteiger partial charge in [0.1, 0.15) is 0 Å². The lowest BCUT2D eigenvalue weighted by Gasteiger charge is -2.21. The highest BCUT2D eigenvalue weighted by atomic mass is 79.9. The summed E-state index contributed by atoms with van der Waals surface area (Å²) in [6.45, 7) is 2.30. The molecule has 27 heavy (non-hydrogen) atoms. The molecule has 0 N–H and O–H groups in total. The molecule has 0 spiro atoms. The van der Waals surface area contributed by atoms with E-state index >= 15 is 0 Å². The van der Waals surface area contributed by atoms with E-state index in [1.165, 1.54) is 48.4 Å². The van der Waals surface area contributed by atoms with Crippen LogP contribution in [0.1, 0.15) is 30.0 Å². The van der Waals surface area contributed by atoms with Crippen LogP contribution in [0.25, 0.3) is 26.1 Å². The molecule has 1 aliphatic carbocycles. The number of aryl methyl sites for hydroxylation is 1. The van der Waals surface area contributed by atoms with Gasteiger partial charge in [0.15, 0.2) is 0 Å². The number of halogens is 1. The lowest BCUT2D eigenvalue weighted by molar-refractivity contribution is 0.953. The van der Waals surface area contributed by atoms with Crippen molar-refractivity contribution in [1.82, 2.24) is 0 Å². The van der Waals surface area contributed by atoms with Crippen molar-refractivity contribution in [3.63, 3.8) is 0 Å². The molecule has 0 radical (unpaired) electrons. The zero-order valence-corrected chi connectivity index (χ0v) is 17.5. The molecule has 0 saturated heterocycles. The fourth-order valence-electron chi connectivity index (χ4n) is 4.18. The van der Waals surface area contributed by atoms with Crippen molar-refractivity contribution in [2.24, 2.45) is 0 Å². The molecule has 0 aliphatic heterocycles. The van der Waals surface area contributed by atoms with Gasteiger partial charge in [-0.1, -0.05) is 76.1 Å². The Balaban J connectivity index is 1.82. The van der Waals surface area contributed by atoms with Gasteiger partial charge < -0.3 is 0 Å². The zero-order chi connectivity index (χ0) is 18.4. The molecule has 1 heterocycles. The first-order valence-corrected chi connectivity index (χ1v) is 10.9. The van der Waals surface area contributed by atoms with Crippen molar-refractivity contribution >= 4 is 42.9 Å². The summed E-state index contributed by atoms with van der Waals surface area (Å²) in [5.74, 6) is 0. The molecule has 0 bridgehead atoms. The van der Waals surface area contributed by atoms with E-state index in [0.29, 0.717) is 0 Å². The zero-order valence-electron chi connectivity index (χ0n) is 15.1. The van der Waals surface area contributed by atoms with Gasteiger partial charge in [-0.2, -0.15) is 0 Å². The highest BCUT2D eigenvalue weighted by Crippen LogP contribution is 2.46. The lowest BCUT2D eigenvalue weighted by Crippen LogP contribution is -2.01. The van der Waals surface area contributed by atoms with E-state index in [4.69, 9.17) is 0 Å². The Morgan fingerprint density at radius 3 is 2.44 bits per heavy atom. The van der Waals surface area contributed by atoms with Crippen LogP contribution in [0.3, 0.4) is 0 Å². The Bertz CT molecular complexity index is 1200. The monoisotopic (exact) mass is 430 g/mol. The smallest absolute Gasteiger partial charge is 0.0393 e. The number of allylic oxidation sites excluding steroid dienone is 1. The molecule has 1 aromatic heterocycles. The summed E-state index contributed by atoms with van der Waals surface area (Å²) in [4.78, 5) is 1.44. The first kappa shape index (κ1) is 17.0. The van der Waals surface area contributed by atoms with Crippen LogP contribution >= 0.6 is 27.3 Å². The second kappa shape index (κ2) is 6.78. The van der Waals surface area contributed by atoms with Crippen LogP contribution in [0.5, 0.6) is 0 Å². The summed E-state index contributed by atoms with van der Waals surface area (Å²) in [5, 5.41) is 1.42. The third-order valence-electron chi connectivity index (χ3n) is 5.43. The molecule has 4 aromatic rings. The summed E-state index contributed by atoms with van der Waals surface area (Å²) < 4.78 is 2.52. The average molecular weight is 431 g/mol. The van der Waals surface area contributed by atoms with Crippen molar-refractivity contribution < 1.29 is 0 Å². The van der Waals surface area contributed by atoms with Gasteiger partial charge >= 0.3 is 0 Å². The SMILES string of the molecule is C/C1=C(\c2cccc(Br)c2)c2ccccc2-c2sc3ccccc3c2CC1. The Morgan fingerprint density at radius 1 is 0.815 bits per heavy atom. The van der Waals surface area contributed by atoms with Crippen molar-refractivity contribution in [1.29, 1.82) is 0 Å². The first-order chi connectivity index (χ1) is 13.2. The second-order valence-electron chi connectivity index (χ2n) is 7.12. The highest BCUT2D eigenvalue weighted by Gasteiger charge is 2.22. The summed E-state index contributed by atoms with van der Waals surface area (Å²) in [7, 11) is 0. The summed E-state index contributed by atoms with van der Waals surface area (Å²) in [6.07, 6.45) is 2.18. The quantitative estimate of drug-likeness (QED) is 0.286. The minimum absolute atomic E-state index is 1.09. The van der Waals surface area contributed by atoms with Gasteiger partial charge in [-0.15, -0.1) is 11.3 Å². The van der Waals surface area contributed by atoms with Crippen LogP contribution in [-0.2, 0) is 6.42 Å². The van der Waals surface area contributed by atoms with E-state index < -0.39 is 0 Å². The van der Waals surface area contributed by atoms with E-state index in [0.717, 1.165) is 17.3 Å². The number of hydrogen-bond acceptors (Lipinski definition) is 1. The van der Waals surface area contributed by atoms with Crippen LogP contribution in [0, 0.1) is 0 Å². The van der Waals surface area contributed by atoms with Crippen LogP contribution in [-0.4, -0.2) is 0 Å². The number of fused-ring (bicyclic) bond motifs is 5. The third kappa shape index (κ3) is 2.88. The van der Waals surface area contributed by atoms with E-state index in [1.807, 2.05) is 11.3 Å².